The lowest BCUT2D eigenvalue weighted by Crippen LogP contribution is -2.30. The number of hydrogen-bond donors (Lipinski definition) is 2. The number of nitrogens with one attached hydrogen (secondary N) is 1. The SMILES string of the molecule is O=C(O)C12C=CC=CC1(F)N2. The van der Waals surface area contributed by atoms with Crippen LogP contribution in [0, 0.1) is 0 Å². The number of rotatable bonds is 1. The highest BCUT2D eigenvalue weighted by Gasteiger charge is 2.72. The Balaban J connectivity index is 2.41. The number of carboxylic acid groups (broad SMARTS) is 1. The number of carboxylic acids is 1. The Labute approximate surface area is 62.2 Å². The topological polar surface area (TPSA) is 59.2 Å². The van der Waals surface area contributed by atoms with E-state index in [1.54, 1.807) is 0 Å². The van der Waals surface area contributed by atoms with Crippen molar-refractivity contribution in [3.8, 4) is 0 Å². The summed E-state index contributed by atoms with van der Waals surface area (Å²) in [4.78, 5) is 10.5. The second kappa shape index (κ2) is 1.53. The van der Waals surface area contributed by atoms with Crippen molar-refractivity contribution < 1.29 is 14.3 Å². The summed E-state index contributed by atoms with van der Waals surface area (Å²) in [5.41, 5.74) is -1.48. The van der Waals surface area contributed by atoms with E-state index in [4.69, 9.17) is 5.11 Å². The Bertz CT molecular complexity index is 286. The zero-order valence-corrected chi connectivity index (χ0v) is 5.54. The first-order valence-corrected chi connectivity index (χ1v) is 3.19. The molecule has 0 amide bonds. The number of carbonyl (C=O) groups is 1. The van der Waals surface area contributed by atoms with E-state index in [2.05, 4.69) is 5.32 Å². The lowest BCUT2D eigenvalue weighted by Gasteiger charge is -2.06. The van der Waals surface area contributed by atoms with Gasteiger partial charge >= 0.3 is 5.97 Å². The lowest BCUT2D eigenvalue weighted by atomic mass is 9.99. The fourth-order valence-corrected chi connectivity index (χ4v) is 1.26. The third-order valence-corrected chi connectivity index (χ3v) is 2.01. The van der Waals surface area contributed by atoms with Crippen LogP contribution in [0.3, 0.4) is 0 Å². The van der Waals surface area contributed by atoms with Crippen LogP contribution in [0.2, 0.25) is 0 Å². The van der Waals surface area contributed by atoms with Gasteiger partial charge in [-0.25, -0.2) is 9.18 Å². The van der Waals surface area contributed by atoms with Crippen molar-refractivity contribution in [2.75, 3.05) is 0 Å². The first-order chi connectivity index (χ1) is 5.11. The predicted octanol–water partition coefficient (Wildman–Crippen LogP) is 0.205. The van der Waals surface area contributed by atoms with Crippen molar-refractivity contribution in [3.05, 3.63) is 24.3 Å². The summed E-state index contributed by atoms with van der Waals surface area (Å²) in [7, 11) is 0. The molecule has 4 heteroatoms. The van der Waals surface area contributed by atoms with Crippen molar-refractivity contribution >= 4 is 5.97 Å². The summed E-state index contributed by atoms with van der Waals surface area (Å²) in [6.45, 7) is 0. The van der Waals surface area contributed by atoms with Gasteiger partial charge in [0.25, 0.3) is 0 Å². The third kappa shape index (κ3) is 0.574. The van der Waals surface area contributed by atoms with Gasteiger partial charge in [-0.05, 0) is 12.2 Å². The highest BCUT2D eigenvalue weighted by Crippen LogP contribution is 2.44. The first-order valence-electron chi connectivity index (χ1n) is 3.19. The highest BCUT2D eigenvalue weighted by atomic mass is 19.1. The number of allylic oxidation sites excluding steroid dienone is 2. The monoisotopic (exact) mass is 155 g/mol. The molecule has 0 radical (unpaired) electrons. The van der Waals surface area contributed by atoms with Gasteiger partial charge in [0, 0.05) is 0 Å². The van der Waals surface area contributed by atoms with E-state index in [0.717, 1.165) is 0 Å². The van der Waals surface area contributed by atoms with Crippen LogP contribution in [0.25, 0.3) is 0 Å². The molecule has 2 rings (SSSR count). The van der Waals surface area contributed by atoms with Gasteiger partial charge in [-0.1, -0.05) is 12.2 Å². The molecule has 11 heavy (non-hydrogen) atoms. The van der Waals surface area contributed by atoms with Crippen LogP contribution in [-0.2, 0) is 4.79 Å². The van der Waals surface area contributed by atoms with Gasteiger partial charge in [0.1, 0.15) is 0 Å². The maximum Gasteiger partial charge on any atom is 0.333 e. The molecule has 0 aromatic carbocycles. The van der Waals surface area contributed by atoms with Crippen LogP contribution < -0.4 is 5.32 Å². The van der Waals surface area contributed by atoms with Crippen LogP contribution in [0.4, 0.5) is 4.39 Å². The second-order valence-corrected chi connectivity index (χ2v) is 2.67. The van der Waals surface area contributed by atoms with Crippen molar-refractivity contribution in [1.82, 2.24) is 5.32 Å². The van der Waals surface area contributed by atoms with Gasteiger partial charge in [0.05, 0.1) is 0 Å². The Morgan fingerprint density at radius 2 is 2.09 bits per heavy atom. The van der Waals surface area contributed by atoms with E-state index in [-0.39, 0.29) is 0 Å². The molecular formula is C7H6FNO2. The van der Waals surface area contributed by atoms with Crippen molar-refractivity contribution in [3.63, 3.8) is 0 Å². The van der Waals surface area contributed by atoms with Gasteiger partial charge < -0.3 is 5.11 Å². The summed E-state index contributed by atoms with van der Waals surface area (Å²) < 4.78 is 13.2. The summed E-state index contributed by atoms with van der Waals surface area (Å²) in [6.07, 6.45) is 5.53. The molecule has 1 fully saturated rings. The average molecular weight is 155 g/mol. The zero-order chi connectivity index (χ0) is 8.11. The van der Waals surface area contributed by atoms with Crippen LogP contribution in [-0.4, -0.2) is 22.4 Å². The molecule has 3 nitrogen and oxygen atoms in total. The van der Waals surface area contributed by atoms with E-state index in [0.29, 0.717) is 0 Å². The molecule has 1 saturated heterocycles. The molecule has 0 bridgehead atoms. The fraction of sp³-hybridized carbons (Fsp3) is 0.286. The molecule has 2 N–H and O–H groups in total. The van der Waals surface area contributed by atoms with Gasteiger partial charge in [0.15, 0.2) is 5.54 Å². The minimum Gasteiger partial charge on any atom is -0.479 e. The average Bonchev–Trinajstić information content (AvgIpc) is 2.56. The number of aliphatic carboxylic acids is 1. The molecule has 0 spiro atoms. The zero-order valence-electron chi connectivity index (χ0n) is 5.54. The van der Waals surface area contributed by atoms with Gasteiger partial charge in [0.2, 0.25) is 5.79 Å². The predicted molar refractivity (Wildman–Crippen MR) is 35.6 cm³/mol. The number of hydrogen-bond acceptors (Lipinski definition) is 2. The summed E-state index contributed by atoms with van der Waals surface area (Å²) in [5.74, 6) is -3.03. The molecular weight excluding hydrogens is 149 g/mol. The molecule has 0 aromatic heterocycles. The molecule has 2 atom stereocenters. The lowest BCUT2D eigenvalue weighted by molar-refractivity contribution is -0.139. The molecule has 2 aliphatic rings. The fourth-order valence-electron chi connectivity index (χ4n) is 1.26. The number of alkyl halides is 1. The van der Waals surface area contributed by atoms with Gasteiger partial charge in [-0.2, -0.15) is 0 Å². The molecule has 1 aliphatic heterocycles. The van der Waals surface area contributed by atoms with Crippen molar-refractivity contribution in [2.45, 2.75) is 11.3 Å². The normalized spacial score (nSPS) is 45.2. The van der Waals surface area contributed by atoms with E-state index in [1.807, 2.05) is 0 Å². The number of fused-ring (bicyclic) bond motifs is 1. The molecule has 2 unspecified atom stereocenters. The minimum absolute atomic E-state index is 1.18. The maximum atomic E-state index is 13.2. The van der Waals surface area contributed by atoms with Crippen LogP contribution in [0.5, 0.6) is 0 Å². The largest absolute Gasteiger partial charge is 0.479 e. The van der Waals surface area contributed by atoms with Crippen LogP contribution >= 0.6 is 0 Å². The van der Waals surface area contributed by atoms with Gasteiger partial charge in [-0.3, -0.25) is 5.32 Å². The molecule has 1 aliphatic carbocycles. The standard InChI is InChI=1S/C7H6FNO2/c8-7-4-2-1-3-6(7,9-7)5(10)11/h1-4,9H,(H,10,11). The first kappa shape index (κ1) is 6.54. The Morgan fingerprint density at radius 1 is 1.45 bits per heavy atom. The summed E-state index contributed by atoms with van der Waals surface area (Å²) >= 11 is 0. The van der Waals surface area contributed by atoms with E-state index < -0.39 is 17.3 Å². The van der Waals surface area contributed by atoms with Gasteiger partial charge in [-0.15, -0.1) is 0 Å². The minimum atomic E-state index is -1.85. The molecule has 58 valence electrons. The van der Waals surface area contributed by atoms with E-state index in [1.165, 1.54) is 24.3 Å². The quantitative estimate of drug-likeness (QED) is 0.420. The second-order valence-electron chi connectivity index (χ2n) is 2.67. The molecule has 0 aromatic rings. The maximum absolute atomic E-state index is 13.2. The van der Waals surface area contributed by atoms with E-state index in [9.17, 15) is 9.18 Å². The summed E-state index contributed by atoms with van der Waals surface area (Å²) in [6, 6.07) is 0. The molecule has 1 heterocycles. The van der Waals surface area contributed by atoms with Crippen LogP contribution in [0.1, 0.15) is 0 Å². The van der Waals surface area contributed by atoms with Crippen molar-refractivity contribution in [2.24, 2.45) is 0 Å². The van der Waals surface area contributed by atoms with Crippen molar-refractivity contribution in [1.29, 1.82) is 0 Å². The smallest absolute Gasteiger partial charge is 0.333 e. The van der Waals surface area contributed by atoms with Crippen LogP contribution in [0.15, 0.2) is 24.3 Å². The summed E-state index contributed by atoms with van der Waals surface area (Å²) in [5, 5.41) is 10.9. The Morgan fingerprint density at radius 3 is 2.55 bits per heavy atom. The highest BCUT2D eigenvalue weighted by molar-refractivity contribution is 5.89. The molecule has 0 saturated carbocycles. The Kier molecular flexibility index (Phi) is 0.911. The number of halogens is 1. The Hall–Kier alpha value is -1.16. The third-order valence-electron chi connectivity index (χ3n) is 2.01. The van der Waals surface area contributed by atoms with E-state index >= 15 is 0 Å².